The Balaban J connectivity index is 2.14. The Bertz CT molecular complexity index is 1060. The molecule has 0 aliphatic heterocycles. The van der Waals surface area contributed by atoms with Gasteiger partial charge >= 0.3 is 0 Å². The highest BCUT2D eigenvalue weighted by Gasteiger charge is 2.16. The van der Waals surface area contributed by atoms with Crippen molar-refractivity contribution >= 4 is 27.9 Å². The van der Waals surface area contributed by atoms with Gasteiger partial charge in [-0.1, -0.05) is 29.8 Å². The molecule has 2 heterocycles. The fourth-order valence-corrected chi connectivity index (χ4v) is 2.73. The van der Waals surface area contributed by atoms with Crippen LogP contribution in [0.25, 0.3) is 27.7 Å². The largest absolute Gasteiger partial charge is 0.492 e. The molecule has 4 aromatic rings. The maximum absolute atomic E-state index is 12.2. The van der Waals surface area contributed by atoms with Crippen LogP contribution in [0, 0.1) is 0 Å². The van der Waals surface area contributed by atoms with Gasteiger partial charge in [-0.15, -0.1) is 0 Å². The van der Waals surface area contributed by atoms with Gasteiger partial charge in [-0.3, -0.25) is 9.89 Å². The lowest BCUT2D eigenvalue weighted by atomic mass is 10.1. The molecule has 0 fully saturated rings. The van der Waals surface area contributed by atoms with Crippen LogP contribution >= 0.6 is 11.6 Å². The summed E-state index contributed by atoms with van der Waals surface area (Å²) in [5.74, 6) is 0.324. The molecule has 0 atom stereocenters. The molecule has 0 radical (unpaired) electrons. The fraction of sp³-hybridized carbons (Fsp3) is 0. The number of nitrogens with one attached hydrogen (secondary N) is 1. The summed E-state index contributed by atoms with van der Waals surface area (Å²) in [5, 5.41) is 14.7. The van der Waals surface area contributed by atoms with Crippen molar-refractivity contribution in [1.29, 1.82) is 0 Å². The first-order valence-electron chi connectivity index (χ1n) is 6.63. The van der Waals surface area contributed by atoms with Crippen LogP contribution in [0.2, 0.25) is 5.02 Å². The van der Waals surface area contributed by atoms with Crippen molar-refractivity contribution in [1.82, 2.24) is 14.6 Å². The van der Waals surface area contributed by atoms with Crippen molar-refractivity contribution in [3.8, 4) is 17.3 Å². The monoisotopic (exact) mass is 311 g/mol. The van der Waals surface area contributed by atoms with Gasteiger partial charge in [0.2, 0.25) is 5.88 Å². The molecule has 2 N–H and O–H groups in total. The predicted octanol–water partition coefficient (Wildman–Crippen LogP) is 3.20. The molecule has 0 aliphatic rings. The maximum Gasteiger partial charge on any atom is 0.270 e. The summed E-state index contributed by atoms with van der Waals surface area (Å²) in [5.41, 5.74) is 0.974. The zero-order chi connectivity index (χ0) is 15.3. The van der Waals surface area contributed by atoms with E-state index < -0.39 is 0 Å². The second kappa shape index (κ2) is 4.61. The van der Waals surface area contributed by atoms with E-state index in [0.717, 1.165) is 5.56 Å². The Morgan fingerprint density at radius 2 is 1.73 bits per heavy atom. The summed E-state index contributed by atoms with van der Waals surface area (Å²) in [6.45, 7) is 0. The van der Waals surface area contributed by atoms with E-state index in [1.165, 1.54) is 4.52 Å². The van der Waals surface area contributed by atoms with Crippen molar-refractivity contribution in [2.45, 2.75) is 0 Å². The molecule has 6 heteroatoms. The minimum atomic E-state index is -0.240. The fourth-order valence-electron chi connectivity index (χ4n) is 2.60. The molecular formula is C16H10ClN3O2. The second-order valence-electron chi connectivity index (χ2n) is 4.94. The number of halogens is 1. The normalized spacial score (nSPS) is 11.3. The molecule has 2 aromatic carbocycles. The third-order valence-corrected chi connectivity index (χ3v) is 3.85. The molecule has 5 nitrogen and oxygen atoms in total. The van der Waals surface area contributed by atoms with E-state index in [-0.39, 0.29) is 11.4 Å². The zero-order valence-electron chi connectivity index (χ0n) is 11.2. The summed E-state index contributed by atoms with van der Waals surface area (Å²) >= 11 is 5.89. The molecule has 22 heavy (non-hydrogen) atoms. The Hall–Kier alpha value is -2.79. The Morgan fingerprint density at radius 3 is 2.45 bits per heavy atom. The number of aromatic amines is 1. The van der Waals surface area contributed by atoms with E-state index in [2.05, 4.69) is 10.1 Å². The summed E-state index contributed by atoms with van der Waals surface area (Å²) < 4.78 is 1.50. The molecule has 4 rings (SSSR count). The zero-order valence-corrected chi connectivity index (χ0v) is 12.0. The standard InChI is InChI=1S/C16H10ClN3O2/c17-10-7-5-9(6-8-10)14-18-16(22)13-11-3-1-2-4-12(11)15(21)19-20(13)14/h1-8,22H,(H,19,21). The molecule has 0 spiro atoms. The number of fused-ring (bicyclic) bond motifs is 3. The van der Waals surface area contributed by atoms with E-state index in [1.807, 2.05) is 6.07 Å². The van der Waals surface area contributed by atoms with E-state index in [0.29, 0.717) is 27.1 Å². The average Bonchev–Trinajstić information content (AvgIpc) is 2.85. The lowest BCUT2D eigenvalue weighted by Gasteiger charge is -2.04. The van der Waals surface area contributed by atoms with Crippen molar-refractivity contribution in [3.05, 3.63) is 63.9 Å². The van der Waals surface area contributed by atoms with Crippen LogP contribution < -0.4 is 5.56 Å². The predicted molar refractivity (Wildman–Crippen MR) is 85.4 cm³/mol. The number of H-pyrrole nitrogens is 1. The molecule has 0 aliphatic carbocycles. The van der Waals surface area contributed by atoms with Crippen LogP contribution in [-0.4, -0.2) is 19.7 Å². The number of hydrogen-bond acceptors (Lipinski definition) is 3. The van der Waals surface area contributed by atoms with Crippen LogP contribution in [0.1, 0.15) is 0 Å². The van der Waals surface area contributed by atoms with Crippen LogP contribution in [-0.2, 0) is 0 Å². The van der Waals surface area contributed by atoms with Crippen molar-refractivity contribution < 1.29 is 5.11 Å². The van der Waals surface area contributed by atoms with Crippen LogP contribution in [0.4, 0.5) is 0 Å². The topological polar surface area (TPSA) is 70.4 Å². The molecule has 0 unspecified atom stereocenters. The van der Waals surface area contributed by atoms with E-state index in [1.54, 1.807) is 42.5 Å². The van der Waals surface area contributed by atoms with Gasteiger partial charge in [-0.05, 0) is 30.3 Å². The van der Waals surface area contributed by atoms with Gasteiger partial charge in [0, 0.05) is 16.0 Å². The number of aromatic nitrogens is 3. The lowest BCUT2D eigenvalue weighted by Crippen LogP contribution is -2.12. The van der Waals surface area contributed by atoms with Gasteiger partial charge in [-0.2, -0.15) is 4.98 Å². The number of rotatable bonds is 1. The molecule has 0 saturated heterocycles. The van der Waals surface area contributed by atoms with Crippen molar-refractivity contribution in [2.75, 3.05) is 0 Å². The number of imidazole rings is 1. The van der Waals surface area contributed by atoms with Gasteiger partial charge in [-0.25, -0.2) is 4.52 Å². The van der Waals surface area contributed by atoms with Crippen molar-refractivity contribution in [2.24, 2.45) is 0 Å². The molecule has 108 valence electrons. The van der Waals surface area contributed by atoms with E-state index in [9.17, 15) is 9.90 Å². The number of benzene rings is 2. The SMILES string of the molecule is O=c1[nH]n2c(-c3ccc(Cl)cc3)nc(O)c2c2ccccc12. The third-order valence-electron chi connectivity index (χ3n) is 3.60. The number of aromatic hydroxyl groups is 1. The second-order valence-corrected chi connectivity index (χ2v) is 5.37. The molecule has 0 amide bonds. The maximum atomic E-state index is 12.2. The highest BCUT2D eigenvalue weighted by Crippen LogP contribution is 2.30. The minimum Gasteiger partial charge on any atom is -0.492 e. The highest BCUT2D eigenvalue weighted by atomic mass is 35.5. The Kier molecular flexibility index (Phi) is 2.71. The lowest BCUT2D eigenvalue weighted by molar-refractivity contribution is 0.463. The Morgan fingerprint density at radius 1 is 1.05 bits per heavy atom. The number of hydrogen-bond donors (Lipinski definition) is 2. The van der Waals surface area contributed by atoms with E-state index in [4.69, 9.17) is 11.6 Å². The van der Waals surface area contributed by atoms with Gasteiger partial charge in [0.1, 0.15) is 5.52 Å². The average molecular weight is 312 g/mol. The van der Waals surface area contributed by atoms with Crippen molar-refractivity contribution in [3.63, 3.8) is 0 Å². The first-order chi connectivity index (χ1) is 10.6. The van der Waals surface area contributed by atoms with Crippen LogP contribution in [0.15, 0.2) is 53.3 Å². The summed E-state index contributed by atoms with van der Waals surface area (Å²) in [6.07, 6.45) is 0. The molecule has 0 saturated carbocycles. The van der Waals surface area contributed by atoms with Gasteiger partial charge in [0.05, 0.1) is 5.39 Å². The third kappa shape index (κ3) is 1.79. The summed E-state index contributed by atoms with van der Waals surface area (Å²) in [6, 6.07) is 14.1. The van der Waals surface area contributed by atoms with Gasteiger partial charge < -0.3 is 5.11 Å². The van der Waals surface area contributed by atoms with Gasteiger partial charge in [0.25, 0.3) is 5.56 Å². The Labute approximate surface area is 129 Å². The highest BCUT2D eigenvalue weighted by molar-refractivity contribution is 6.30. The summed E-state index contributed by atoms with van der Waals surface area (Å²) in [4.78, 5) is 16.4. The van der Waals surface area contributed by atoms with Crippen LogP contribution in [0.5, 0.6) is 5.88 Å². The molecule has 2 aromatic heterocycles. The quantitative estimate of drug-likeness (QED) is 0.567. The first kappa shape index (κ1) is 12.9. The van der Waals surface area contributed by atoms with Crippen LogP contribution in [0.3, 0.4) is 0 Å². The first-order valence-corrected chi connectivity index (χ1v) is 7.01. The smallest absolute Gasteiger partial charge is 0.270 e. The molecule has 0 bridgehead atoms. The molecular weight excluding hydrogens is 302 g/mol. The summed E-state index contributed by atoms with van der Waals surface area (Å²) in [7, 11) is 0. The van der Waals surface area contributed by atoms with Gasteiger partial charge in [0.15, 0.2) is 5.82 Å². The van der Waals surface area contributed by atoms with E-state index >= 15 is 0 Å². The number of nitrogens with zero attached hydrogens (tertiary/aromatic N) is 2. The minimum absolute atomic E-state index is 0.127.